The van der Waals surface area contributed by atoms with Gasteiger partial charge in [-0.15, -0.1) is 12.8 Å². The summed E-state index contributed by atoms with van der Waals surface area (Å²) in [4.78, 5) is 0. The lowest BCUT2D eigenvalue weighted by molar-refractivity contribution is 2.01. The van der Waals surface area contributed by atoms with Crippen molar-refractivity contribution in [2.75, 3.05) is 0 Å². The van der Waals surface area contributed by atoms with Crippen LogP contribution in [0, 0.1) is 12.8 Å². The normalized spacial score (nSPS) is 6.88. The molecule has 0 spiro atoms. The van der Waals surface area contributed by atoms with Crippen molar-refractivity contribution < 1.29 is 0 Å². The molecule has 0 atom stereocenters. The Morgan fingerprint density at radius 1 is 1.50 bits per heavy atom. The Morgan fingerprint density at radius 3 is 2.25 bits per heavy atom. The highest BCUT2D eigenvalue weighted by Crippen LogP contribution is 2.10. The molecule has 0 aliphatic heterocycles. The Morgan fingerprint density at radius 2 is 2.12 bits per heavy atom. The van der Waals surface area contributed by atoms with Crippen molar-refractivity contribution in [3.63, 3.8) is 0 Å². The van der Waals surface area contributed by atoms with Gasteiger partial charge in [-0.2, -0.15) is 11.3 Å². The second kappa shape index (κ2) is 4.70. The summed E-state index contributed by atoms with van der Waals surface area (Å²) in [7, 11) is 0. The zero-order valence-electron chi connectivity index (χ0n) is 4.17. The predicted molar refractivity (Wildman–Crippen MR) is 39.2 cm³/mol. The molecule has 0 amide bonds. The van der Waals surface area contributed by atoms with E-state index in [4.69, 9.17) is 11.6 Å². The van der Waals surface area contributed by atoms with E-state index in [1.807, 2.05) is 16.8 Å². The van der Waals surface area contributed by atoms with Gasteiger partial charge in [-0.25, -0.2) is 0 Å². The van der Waals surface area contributed by atoms with E-state index in [1.165, 1.54) is 0 Å². The number of halogens is 1. The first-order chi connectivity index (χ1) is 3.89. The van der Waals surface area contributed by atoms with Crippen molar-refractivity contribution in [1.82, 2.24) is 0 Å². The maximum Gasteiger partial charge on any atom is 0.0512 e. The third kappa shape index (κ3) is 2.68. The fourth-order valence-electron chi connectivity index (χ4n) is 0.248. The van der Waals surface area contributed by atoms with Crippen LogP contribution in [-0.4, -0.2) is 0 Å². The largest absolute Gasteiger partial charge is 0.151 e. The van der Waals surface area contributed by atoms with Gasteiger partial charge in [0, 0.05) is 5.38 Å². The number of thiophene rings is 1. The van der Waals surface area contributed by atoms with Crippen LogP contribution in [0.15, 0.2) is 16.8 Å². The van der Waals surface area contributed by atoms with E-state index in [0.29, 0.717) is 0 Å². The molecular weight excluding hydrogens is 140 g/mol. The van der Waals surface area contributed by atoms with Crippen molar-refractivity contribution in [3.05, 3.63) is 21.8 Å². The predicted octanol–water partition coefficient (Wildman–Crippen LogP) is 2.65. The van der Waals surface area contributed by atoms with Gasteiger partial charge in [-0.1, -0.05) is 11.6 Å². The molecule has 2 heteroatoms. The van der Waals surface area contributed by atoms with Gasteiger partial charge in [0.25, 0.3) is 0 Å². The molecule has 0 saturated carbocycles. The minimum absolute atomic E-state index is 0.833. The molecule has 0 saturated heterocycles. The summed E-state index contributed by atoms with van der Waals surface area (Å²) < 4.78 is 0. The Kier molecular flexibility index (Phi) is 4.44. The van der Waals surface area contributed by atoms with Crippen LogP contribution in [0.3, 0.4) is 0 Å². The Bertz CT molecular complexity index is 141. The lowest BCUT2D eigenvalue weighted by Crippen LogP contribution is -1.34. The number of hydrogen-bond acceptors (Lipinski definition) is 1. The van der Waals surface area contributed by atoms with E-state index in [-0.39, 0.29) is 0 Å². The van der Waals surface area contributed by atoms with Crippen LogP contribution in [0.2, 0.25) is 5.02 Å². The molecule has 0 bridgehead atoms. The standard InChI is InChI=1S/C4H3ClS.C2H2/c5-4-1-2-6-3-4;1-2/h1-3H;1-2H. The summed E-state index contributed by atoms with van der Waals surface area (Å²) in [5, 5.41) is 4.67. The maximum absolute atomic E-state index is 5.47. The highest BCUT2D eigenvalue weighted by Gasteiger charge is 1.77. The number of rotatable bonds is 0. The molecule has 1 aromatic heterocycles. The third-order valence-electron chi connectivity index (χ3n) is 0.486. The first kappa shape index (κ1) is 7.55. The molecule has 0 aliphatic rings. The Hall–Kier alpha value is -0.450. The van der Waals surface area contributed by atoms with Gasteiger partial charge in [0.05, 0.1) is 5.02 Å². The summed E-state index contributed by atoms with van der Waals surface area (Å²) in [5.41, 5.74) is 0. The van der Waals surface area contributed by atoms with Crippen LogP contribution >= 0.6 is 22.9 Å². The molecule has 42 valence electrons. The van der Waals surface area contributed by atoms with Crippen molar-refractivity contribution in [3.8, 4) is 12.8 Å². The molecule has 0 aromatic carbocycles. The Balaban J connectivity index is 0.000000222. The molecule has 1 heterocycles. The molecule has 0 radical (unpaired) electrons. The van der Waals surface area contributed by atoms with E-state index in [9.17, 15) is 0 Å². The van der Waals surface area contributed by atoms with Crippen molar-refractivity contribution in [2.45, 2.75) is 0 Å². The van der Waals surface area contributed by atoms with Crippen molar-refractivity contribution in [2.24, 2.45) is 0 Å². The fourth-order valence-corrected chi connectivity index (χ4v) is 1.05. The second-order valence-corrected chi connectivity index (χ2v) is 2.16. The van der Waals surface area contributed by atoms with Gasteiger partial charge in [0.2, 0.25) is 0 Å². The SMILES string of the molecule is C#C.Clc1ccsc1. The van der Waals surface area contributed by atoms with Gasteiger partial charge >= 0.3 is 0 Å². The minimum Gasteiger partial charge on any atom is -0.151 e. The topological polar surface area (TPSA) is 0 Å². The first-order valence-corrected chi connectivity index (χ1v) is 3.23. The lowest BCUT2D eigenvalue weighted by Gasteiger charge is -1.61. The molecule has 1 aromatic rings. The number of hydrogen-bond donors (Lipinski definition) is 0. The van der Waals surface area contributed by atoms with Crippen molar-refractivity contribution in [1.29, 1.82) is 0 Å². The quantitative estimate of drug-likeness (QED) is 0.491. The molecule has 0 aliphatic carbocycles. The highest BCUT2D eigenvalue weighted by molar-refractivity contribution is 7.08. The monoisotopic (exact) mass is 144 g/mol. The van der Waals surface area contributed by atoms with Crippen LogP contribution in [-0.2, 0) is 0 Å². The molecule has 0 fully saturated rings. The highest BCUT2D eigenvalue weighted by atomic mass is 35.5. The summed E-state index contributed by atoms with van der Waals surface area (Å²) in [6.07, 6.45) is 8.00. The van der Waals surface area contributed by atoms with Crippen LogP contribution in [0.25, 0.3) is 0 Å². The summed E-state index contributed by atoms with van der Waals surface area (Å²) in [6.45, 7) is 0. The van der Waals surface area contributed by atoms with Crippen LogP contribution in [0.5, 0.6) is 0 Å². The smallest absolute Gasteiger partial charge is 0.0512 e. The first-order valence-electron chi connectivity index (χ1n) is 1.90. The Labute approximate surface area is 58.1 Å². The zero-order valence-corrected chi connectivity index (χ0v) is 5.75. The lowest BCUT2D eigenvalue weighted by atomic mass is 10.7. The van der Waals surface area contributed by atoms with Gasteiger partial charge in [0.15, 0.2) is 0 Å². The summed E-state index contributed by atoms with van der Waals surface area (Å²) in [5.74, 6) is 0. The van der Waals surface area contributed by atoms with E-state index in [1.54, 1.807) is 11.3 Å². The van der Waals surface area contributed by atoms with E-state index in [0.717, 1.165) is 5.02 Å². The van der Waals surface area contributed by atoms with Crippen LogP contribution < -0.4 is 0 Å². The van der Waals surface area contributed by atoms with E-state index >= 15 is 0 Å². The average molecular weight is 145 g/mol. The number of terminal acetylenes is 1. The molecule has 8 heavy (non-hydrogen) atoms. The van der Waals surface area contributed by atoms with Gasteiger partial charge in [-0.3, -0.25) is 0 Å². The minimum atomic E-state index is 0.833. The molecule has 0 nitrogen and oxygen atoms in total. The molecule has 0 N–H and O–H groups in total. The fraction of sp³-hybridized carbons (Fsp3) is 0. The second-order valence-electron chi connectivity index (χ2n) is 0.942. The van der Waals surface area contributed by atoms with Gasteiger partial charge < -0.3 is 0 Å². The maximum atomic E-state index is 5.47. The third-order valence-corrected chi connectivity index (χ3v) is 1.53. The molecular formula is C6H5ClS. The summed E-state index contributed by atoms with van der Waals surface area (Å²) in [6, 6.07) is 1.87. The van der Waals surface area contributed by atoms with Crippen LogP contribution in [0.4, 0.5) is 0 Å². The molecule has 1 rings (SSSR count). The van der Waals surface area contributed by atoms with Crippen molar-refractivity contribution >= 4 is 22.9 Å². The average Bonchev–Trinajstić information content (AvgIpc) is 2.24. The zero-order chi connectivity index (χ0) is 6.41. The van der Waals surface area contributed by atoms with Crippen LogP contribution in [0.1, 0.15) is 0 Å². The summed E-state index contributed by atoms with van der Waals surface area (Å²) >= 11 is 7.07. The van der Waals surface area contributed by atoms with Gasteiger partial charge in [0.1, 0.15) is 0 Å². The van der Waals surface area contributed by atoms with E-state index < -0.39 is 0 Å². The molecule has 0 unspecified atom stereocenters. The van der Waals surface area contributed by atoms with E-state index in [2.05, 4.69) is 12.8 Å². The van der Waals surface area contributed by atoms with Gasteiger partial charge in [-0.05, 0) is 11.4 Å².